The number of carbonyl (C=O) groups excluding carboxylic acids is 3. The van der Waals surface area contributed by atoms with E-state index in [4.69, 9.17) is 4.74 Å². The van der Waals surface area contributed by atoms with Crippen LogP contribution in [0.1, 0.15) is 24.8 Å². The highest BCUT2D eigenvalue weighted by molar-refractivity contribution is 5.94. The van der Waals surface area contributed by atoms with Crippen LogP contribution in [0.15, 0.2) is 54.6 Å². The lowest BCUT2D eigenvalue weighted by molar-refractivity contribution is -0.152. The number of ether oxygens (including phenoxy) is 1. The largest absolute Gasteiger partial charge is 0.456 e. The predicted molar refractivity (Wildman–Crippen MR) is 103 cm³/mol. The number of benzene rings is 2. The Morgan fingerprint density at radius 2 is 1.71 bits per heavy atom. The van der Waals surface area contributed by atoms with E-state index < -0.39 is 30.2 Å². The Morgan fingerprint density at radius 1 is 1.07 bits per heavy atom. The van der Waals surface area contributed by atoms with Crippen molar-refractivity contribution >= 4 is 23.5 Å². The van der Waals surface area contributed by atoms with Crippen molar-refractivity contribution < 1.29 is 23.5 Å². The third kappa shape index (κ3) is 6.83. The van der Waals surface area contributed by atoms with E-state index in [0.717, 1.165) is 10.5 Å². The van der Waals surface area contributed by atoms with E-state index in [1.165, 1.54) is 31.3 Å². The number of carbonyl (C=O) groups is 3. The molecular formula is C21H23FN2O4. The number of hydrogen-bond donors (Lipinski definition) is 1. The molecule has 6 nitrogen and oxygen atoms in total. The van der Waals surface area contributed by atoms with Crippen LogP contribution in [0.2, 0.25) is 0 Å². The summed E-state index contributed by atoms with van der Waals surface area (Å²) in [6.07, 6.45) is 0.159. The molecule has 0 aliphatic heterocycles. The average Bonchev–Trinajstić information content (AvgIpc) is 2.68. The van der Waals surface area contributed by atoms with Crippen LogP contribution in [-0.4, -0.2) is 42.9 Å². The molecule has 0 radical (unpaired) electrons. The molecule has 2 rings (SSSR count). The molecule has 0 fully saturated rings. The number of hydrogen-bond acceptors (Lipinski definition) is 4. The summed E-state index contributed by atoms with van der Waals surface area (Å²) >= 11 is 0. The van der Waals surface area contributed by atoms with E-state index in [1.807, 2.05) is 37.3 Å². The van der Waals surface area contributed by atoms with Gasteiger partial charge in [0.15, 0.2) is 6.61 Å². The van der Waals surface area contributed by atoms with Crippen LogP contribution in [0.3, 0.4) is 0 Å². The highest BCUT2D eigenvalue weighted by Crippen LogP contribution is 2.18. The zero-order valence-corrected chi connectivity index (χ0v) is 15.9. The molecule has 148 valence electrons. The molecule has 0 saturated carbocycles. The molecule has 0 spiro atoms. The van der Waals surface area contributed by atoms with Crippen LogP contribution in [0.25, 0.3) is 0 Å². The molecule has 0 aliphatic carbocycles. The summed E-state index contributed by atoms with van der Waals surface area (Å²) in [4.78, 5) is 37.1. The number of nitrogens with one attached hydrogen (secondary N) is 1. The first-order valence-corrected chi connectivity index (χ1v) is 8.85. The van der Waals surface area contributed by atoms with Gasteiger partial charge in [-0.25, -0.2) is 4.39 Å². The van der Waals surface area contributed by atoms with Crippen molar-refractivity contribution in [2.45, 2.75) is 19.3 Å². The second-order valence-corrected chi connectivity index (χ2v) is 6.48. The molecular weight excluding hydrogens is 363 g/mol. The highest BCUT2D eigenvalue weighted by atomic mass is 19.1. The molecule has 1 atom stereocenters. The molecule has 7 heteroatoms. The molecule has 28 heavy (non-hydrogen) atoms. The molecule has 0 saturated heterocycles. The van der Waals surface area contributed by atoms with Crippen LogP contribution in [0, 0.1) is 5.82 Å². The standard InChI is InChI=1S/C21H23FN2O4/c1-15(16-6-4-3-5-7-16)12-21(27)28-14-20(26)24(2)13-19(25)23-18-10-8-17(22)9-11-18/h3-11,15H,12-14H2,1-2H3,(H,23,25)/t15-/m1/s1. The van der Waals surface area contributed by atoms with E-state index >= 15 is 0 Å². The van der Waals surface area contributed by atoms with E-state index in [0.29, 0.717) is 5.69 Å². The Labute approximate surface area is 163 Å². The number of halogens is 1. The van der Waals surface area contributed by atoms with Crippen LogP contribution in [0.5, 0.6) is 0 Å². The molecule has 2 aromatic rings. The summed E-state index contributed by atoms with van der Waals surface area (Å²) in [7, 11) is 1.44. The Bertz CT molecular complexity index is 809. The maximum atomic E-state index is 12.9. The summed E-state index contributed by atoms with van der Waals surface area (Å²) in [5.41, 5.74) is 1.44. The monoisotopic (exact) mass is 386 g/mol. The lowest BCUT2D eigenvalue weighted by atomic mass is 9.98. The van der Waals surface area contributed by atoms with Crippen LogP contribution >= 0.6 is 0 Å². The fraction of sp³-hybridized carbons (Fsp3) is 0.286. The summed E-state index contributed by atoms with van der Waals surface area (Å²) in [5.74, 6) is -1.84. The van der Waals surface area contributed by atoms with E-state index in [9.17, 15) is 18.8 Å². The maximum Gasteiger partial charge on any atom is 0.306 e. The minimum Gasteiger partial charge on any atom is -0.456 e. The first-order chi connectivity index (χ1) is 13.3. The van der Waals surface area contributed by atoms with Crippen molar-refractivity contribution in [3.63, 3.8) is 0 Å². The van der Waals surface area contributed by atoms with E-state index in [-0.39, 0.29) is 18.9 Å². The number of rotatable bonds is 8. The highest BCUT2D eigenvalue weighted by Gasteiger charge is 2.17. The molecule has 0 aliphatic rings. The van der Waals surface area contributed by atoms with Gasteiger partial charge < -0.3 is 15.0 Å². The number of anilines is 1. The smallest absolute Gasteiger partial charge is 0.306 e. The average molecular weight is 386 g/mol. The Morgan fingerprint density at radius 3 is 2.36 bits per heavy atom. The third-order valence-corrected chi connectivity index (χ3v) is 4.13. The third-order valence-electron chi connectivity index (χ3n) is 4.13. The van der Waals surface area contributed by atoms with Gasteiger partial charge in [-0.15, -0.1) is 0 Å². The number of amides is 2. The van der Waals surface area contributed by atoms with Gasteiger partial charge in [0.1, 0.15) is 5.82 Å². The molecule has 0 unspecified atom stereocenters. The SMILES string of the molecule is C[C@H](CC(=O)OCC(=O)N(C)CC(=O)Nc1ccc(F)cc1)c1ccccc1. The number of nitrogens with zero attached hydrogens (tertiary/aromatic N) is 1. The van der Waals surface area contributed by atoms with Gasteiger partial charge in [-0.3, -0.25) is 14.4 Å². The molecule has 2 aromatic carbocycles. The van der Waals surface area contributed by atoms with Crippen molar-refractivity contribution in [3.8, 4) is 0 Å². The quantitative estimate of drug-likeness (QED) is 0.708. The van der Waals surface area contributed by atoms with Gasteiger partial charge in [-0.1, -0.05) is 37.3 Å². The second-order valence-electron chi connectivity index (χ2n) is 6.48. The predicted octanol–water partition coefficient (Wildman–Crippen LogP) is 2.96. The summed E-state index contributed by atoms with van der Waals surface area (Å²) in [6.45, 7) is 1.26. The molecule has 2 amide bonds. The van der Waals surface area contributed by atoms with Gasteiger partial charge in [0.2, 0.25) is 5.91 Å². The minimum absolute atomic E-state index is 0.0250. The van der Waals surface area contributed by atoms with Crippen LogP contribution < -0.4 is 5.32 Å². The lowest BCUT2D eigenvalue weighted by Gasteiger charge is -2.17. The summed E-state index contributed by atoms with van der Waals surface area (Å²) in [5, 5.41) is 2.56. The van der Waals surface area contributed by atoms with Crippen LogP contribution in [0.4, 0.5) is 10.1 Å². The van der Waals surface area contributed by atoms with Gasteiger partial charge >= 0.3 is 5.97 Å². The van der Waals surface area contributed by atoms with Gasteiger partial charge in [-0.2, -0.15) is 0 Å². The zero-order valence-electron chi connectivity index (χ0n) is 15.9. The Hall–Kier alpha value is -3.22. The fourth-order valence-corrected chi connectivity index (χ4v) is 2.50. The Kier molecular flexibility index (Phi) is 7.68. The first-order valence-electron chi connectivity index (χ1n) is 8.85. The fourth-order valence-electron chi connectivity index (χ4n) is 2.50. The number of esters is 1. The summed E-state index contributed by atoms with van der Waals surface area (Å²) < 4.78 is 17.9. The van der Waals surface area contributed by atoms with Crippen molar-refractivity contribution in [2.24, 2.45) is 0 Å². The minimum atomic E-state index is -0.491. The van der Waals surface area contributed by atoms with Gasteiger partial charge in [0.05, 0.1) is 13.0 Å². The molecule has 0 bridgehead atoms. The topological polar surface area (TPSA) is 75.7 Å². The maximum absolute atomic E-state index is 12.9. The van der Waals surface area contributed by atoms with Crippen LogP contribution in [-0.2, 0) is 19.1 Å². The van der Waals surface area contributed by atoms with Crippen molar-refractivity contribution in [2.75, 3.05) is 25.5 Å². The number of likely N-dealkylation sites (N-methyl/N-ethyl adjacent to an activating group) is 1. The first kappa shape index (κ1) is 21.1. The van der Waals surface area contributed by atoms with E-state index in [1.54, 1.807) is 0 Å². The van der Waals surface area contributed by atoms with Gasteiger partial charge in [-0.05, 0) is 35.7 Å². The van der Waals surface area contributed by atoms with Crippen molar-refractivity contribution in [1.29, 1.82) is 0 Å². The molecule has 0 heterocycles. The van der Waals surface area contributed by atoms with Crippen molar-refractivity contribution in [3.05, 3.63) is 66.0 Å². The molecule has 1 N–H and O–H groups in total. The van der Waals surface area contributed by atoms with Crippen molar-refractivity contribution in [1.82, 2.24) is 4.90 Å². The van der Waals surface area contributed by atoms with E-state index in [2.05, 4.69) is 5.32 Å². The molecule has 0 aromatic heterocycles. The summed E-state index contributed by atoms with van der Waals surface area (Å²) in [6, 6.07) is 14.8. The Balaban J connectivity index is 1.73. The lowest BCUT2D eigenvalue weighted by Crippen LogP contribution is -2.37. The normalized spacial score (nSPS) is 11.4. The van der Waals surface area contributed by atoms with Gasteiger partial charge in [0.25, 0.3) is 5.91 Å². The second kappa shape index (κ2) is 10.2. The zero-order chi connectivity index (χ0) is 20.5. The van der Waals surface area contributed by atoms with Gasteiger partial charge in [0, 0.05) is 12.7 Å².